The number of rotatable bonds is 5. The zero-order valence-corrected chi connectivity index (χ0v) is 15.2. The molecule has 0 N–H and O–H groups in total. The summed E-state index contributed by atoms with van der Waals surface area (Å²) in [5, 5.41) is 0. The Morgan fingerprint density at radius 3 is 2.46 bits per heavy atom. The lowest BCUT2D eigenvalue weighted by Gasteiger charge is -2.28. The van der Waals surface area contributed by atoms with Crippen LogP contribution in [-0.4, -0.2) is 43.9 Å². The Labute approximate surface area is 152 Å². The van der Waals surface area contributed by atoms with E-state index >= 15 is 0 Å². The van der Waals surface area contributed by atoms with Crippen LogP contribution in [0.3, 0.4) is 0 Å². The number of hydrogen-bond acceptors (Lipinski definition) is 4. The van der Waals surface area contributed by atoms with Gasteiger partial charge in [0.05, 0.1) is 24.2 Å². The summed E-state index contributed by atoms with van der Waals surface area (Å²) in [5.41, 5.74) is 0.769. The summed E-state index contributed by atoms with van der Waals surface area (Å²) in [6.07, 6.45) is 0.360. The first kappa shape index (κ1) is 18.4. The third kappa shape index (κ3) is 4.04. The van der Waals surface area contributed by atoms with Crippen LogP contribution < -0.4 is 4.74 Å². The number of methoxy groups -OCH3 is 1. The van der Waals surface area contributed by atoms with Crippen LogP contribution in [0.1, 0.15) is 22.3 Å². The standard InChI is InChI=1S/C19H20FNO4S/c1-25-16-8-6-14(7-9-16)12-21(15-10-11-26(23,24)13-15)19(22)17-4-2-3-5-18(17)20/h2-9,15H,10-13H2,1H3. The summed E-state index contributed by atoms with van der Waals surface area (Å²) in [4.78, 5) is 14.4. The zero-order valence-electron chi connectivity index (χ0n) is 14.4. The van der Waals surface area contributed by atoms with E-state index < -0.39 is 27.6 Å². The Hall–Kier alpha value is -2.41. The quantitative estimate of drug-likeness (QED) is 0.804. The van der Waals surface area contributed by atoms with Gasteiger partial charge >= 0.3 is 0 Å². The molecule has 1 aliphatic rings. The minimum absolute atomic E-state index is 0.0430. The second-order valence-electron chi connectivity index (χ2n) is 6.32. The number of ether oxygens (including phenoxy) is 1. The van der Waals surface area contributed by atoms with Crippen molar-refractivity contribution in [2.45, 2.75) is 19.0 Å². The predicted octanol–water partition coefficient (Wildman–Crippen LogP) is 2.66. The maximum absolute atomic E-state index is 14.1. The van der Waals surface area contributed by atoms with Gasteiger partial charge in [-0.1, -0.05) is 24.3 Å². The average molecular weight is 377 g/mol. The van der Waals surface area contributed by atoms with Gasteiger partial charge < -0.3 is 9.64 Å². The van der Waals surface area contributed by atoms with E-state index in [-0.39, 0.29) is 23.6 Å². The lowest BCUT2D eigenvalue weighted by atomic mass is 10.1. The van der Waals surface area contributed by atoms with E-state index in [1.165, 1.54) is 23.1 Å². The molecule has 1 aliphatic heterocycles. The second-order valence-corrected chi connectivity index (χ2v) is 8.55. The summed E-state index contributed by atoms with van der Waals surface area (Å²) in [7, 11) is -1.61. The van der Waals surface area contributed by atoms with Crippen molar-refractivity contribution in [1.29, 1.82) is 0 Å². The lowest BCUT2D eigenvalue weighted by molar-refractivity contribution is 0.0676. The number of amides is 1. The van der Waals surface area contributed by atoms with Gasteiger partial charge in [-0.3, -0.25) is 4.79 Å². The van der Waals surface area contributed by atoms with E-state index in [9.17, 15) is 17.6 Å². The highest BCUT2D eigenvalue weighted by atomic mass is 32.2. The molecule has 1 unspecified atom stereocenters. The van der Waals surface area contributed by atoms with Crippen LogP contribution in [0.25, 0.3) is 0 Å². The van der Waals surface area contributed by atoms with Crippen molar-refractivity contribution in [3.63, 3.8) is 0 Å². The van der Waals surface area contributed by atoms with E-state index in [4.69, 9.17) is 4.74 Å². The fourth-order valence-electron chi connectivity index (χ4n) is 3.10. The molecule has 7 heteroatoms. The van der Waals surface area contributed by atoms with Crippen molar-refractivity contribution in [3.05, 3.63) is 65.5 Å². The van der Waals surface area contributed by atoms with Gasteiger partial charge in [-0.2, -0.15) is 0 Å². The number of carbonyl (C=O) groups is 1. The van der Waals surface area contributed by atoms with E-state index in [0.29, 0.717) is 12.2 Å². The molecule has 2 aromatic rings. The minimum Gasteiger partial charge on any atom is -0.497 e. The maximum atomic E-state index is 14.1. The summed E-state index contributed by atoms with van der Waals surface area (Å²) in [6.45, 7) is 0.206. The molecular formula is C19H20FNO4S. The van der Waals surface area contributed by atoms with Crippen LogP contribution in [0.2, 0.25) is 0 Å². The Bertz CT molecular complexity index is 896. The molecule has 0 saturated carbocycles. The van der Waals surface area contributed by atoms with Crippen LogP contribution in [0.5, 0.6) is 5.75 Å². The minimum atomic E-state index is -3.18. The number of hydrogen-bond donors (Lipinski definition) is 0. The molecule has 26 heavy (non-hydrogen) atoms. The molecule has 0 bridgehead atoms. The molecule has 0 spiro atoms. The van der Waals surface area contributed by atoms with Gasteiger partial charge in [-0.05, 0) is 36.2 Å². The van der Waals surface area contributed by atoms with E-state index in [0.717, 1.165) is 5.56 Å². The molecule has 5 nitrogen and oxygen atoms in total. The lowest BCUT2D eigenvalue weighted by Crippen LogP contribution is -2.41. The summed E-state index contributed by atoms with van der Waals surface area (Å²) in [5.74, 6) is -0.478. The first-order valence-electron chi connectivity index (χ1n) is 8.28. The number of benzene rings is 2. The summed E-state index contributed by atoms with van der Waals surface area (Å²) in [6, 6.07) is 12.4. The Balaban J connectivity index is 1.91. The van der Waals surface area contributed by atoms with Crippen LogP contribution in [-0.2, 0) is 16.4 Å². The van der Waals surface area contributed by atoms with Crippen molar-refractivity contribution in [3.8, 4) is 5.75 Å². The van der Waals surface area contributed by atoms with Crippen LogP contribution in [0, 0.1) is 5.82 Å². The van der Waals surface area contributed by atoms with E-state index in [1.54, 1.807) is 25.3 Å². The molecule has 1 saturated heterocycles. The van der Waals surface area contributed by atoms with E-state index in [1.807, 2.05) is 12.1 Å². The van der Waals surface area contributed by atoms with Crippen molar-refractivity contribution in [2.75, 3.05) is 18.6 Å². The maximum Gasteiger partial charge on any atom is 0.257 e. The number of nitrogens with zero attached hydrogens (tertiary/aromatic N) is 1. The number of sulfone groups is 1. The third-order valence-electron chi connectivity index (χ3n) is 4.53. The molecule has 0 aliphatic carbocycles. The topological polar surface area (TPSA) is 63.7 Å². The highest BCUT2D eigenvalue weighted by Crippen LogP contribution is 2.24. The van der Waals surface area contributed by atoms with Crippen LogP contribution in [0.4, 0.5) is 4.39 Å². The first-order valence-corrected chi connectivity index (χ1v) is 10.1. The van der Waals surface area contributed by atoms with Crippen LogP contribution in [0.15, 0.2) is 48.5 Å². The van der Waals surface area contributed by atoms with Gasteiger partial charge in [0.1, 0.15) is 11.6 Å². The first-order chi connectivity index (χ1) is 12.4. The molecule has 0 radical (unpaired) electrons. The molecule has 2 aromatic carbocycles. The van der Waals surface area contributed by atoms with Crippen molar-refractivity contribution in [1.82, 2.24) is 4.90 Å². The predicted molar refractivity (Wildman–Crippen MR) is 96.3 cm³/mol. The largest absolute Gasteiger partial charge is 0.497 e. The molecular weight excluding hydrogens is 357 g/mol. The molecule has 3 rings (SSSR count). The highest BCUT2D eigenvalue weighted by molar-refractivity contribution is 7.91. The van der Waals surface area contributed by atoms with Crippen molar-refractivity contribution >= 4 is 15.7 Å². The highest BCUT2D eigenvalue weighted by Gasteiger charge is 2.35. The second kappa shape index (κ2) is 7.45. The van der Waals surface area contributed by atoms with Gasteiger partial charge in [0.15, 0.2) is 9.84 Å². The number of halogens is 1. The van der Waals surface area contributed by atoms with Crippen molar-refractivity contribution in [2.24, 2.45) is 0 Å². The monoisotopic (exact) mass is 377 g/mol. The van der Waals surface area contributed by atoms with Gasteiger partial charge in [-0.25, -0.2) is 12.8 Å². The Morgan fingerprint density at radius 1 is 1.19 bits per heavy atom. The van der Waals surface area contributed by atoms with Gasteiger partial charge in [0.25, 0.3) is 5.91 Å². The SMILES string of the molecule is COc1ccc(CN(C(=O)c2ccccc2F)C2CCS(=O)(=O)C2)cc1. The van der Waals surface area contributed by atoms with Gasteiger partial charge in [0.2, 0.25) is 0 Å². The Kier molecular flexibility index (Phi) is 5.27. The normalized spacial score (nSPS) is 18.5. The number of carbonyl (C=O) groups excluding carboxylic acids is 1. The summed E-state index contributed by atoms with van der Waals surface area (Å²) >= 11 is 0. The fourth-order valence-corrected chi connectivity index (χ4v) is 4.84. The molecule has 1 fully saturated rings. The molecule has 1 amide bonds. The Morgan fingerprint density at radius 2 is 1.88 bits per heavy atom. The third-order valence-corrected chi connectivity index (χ3v) is 6.28. The average Bonchev–Trinajstić information content (AvgIpc) is 2.99. The van der Waals surface area contributed by atoms with Gasteiger partial charge in [0, 0.05) is 12.6 Å². The molecule has 138 valence electrons. The summed E-state index contributed by atoms with van der Waals surface area (Å²) < 4.78 is 43.0. The van der Waals surface area contributed by atoms with Crippen molar-refractivity contribution < 1.29 is 22.3 Å². The molecule has 1 heterocycles. The molecule has 0 aromatic heterocycles. The molecule has 1 atom stereocenters. The zero-order chi connectivity index (χ0) is 18.7. The smallest absolute Gasteiger partial charge is 0.257 e. The van der Waals surface area contributed by atoms with Crippen LogP contribution >= 0.6 is 0 Å². The van der Waals surface area contributed by atoms with Gasteiger partial charge in [-0.15, -0.1) is 0 Å². The van der Waals surface area contributed by atoms with E-state index in [2.05, 4.69) is 0 Å². The fraction of sp³-hybridized carbons (Fsp3) is 0.316.